The van der Waals surface area contributed by atoms with Gasteiger partial charge in [0.15, 0.2) is 0 Å². The van der Waals surface area contributed by atoms with Gasteiger partial charge in [0.2, 0.25) is 11.7 Å². The van der Waals surface area contributed by atoms with Gasteiger partial charge in [-0.3, -0.25) is 14.6 Å². The van der Waals surface area contributed by atoms with E-state index < -0.39 is 6.10 Å². The molecule has 1 saturated heterocycles. The molecule has 2 aromatic rings. The summed E-state index contributed by atoms with van der Waals surface area (Å²) in [5, 5.41) is 18.3. The van der Waals surface area contributed by atoms with Crippen LogP contribution in [0.1, 0.15) is 31.6 Å². The number of aliphatic imine (C=N–C) groups is 1. The zero-order chi connectivity index (χ0) is 25.9. The van der Waals surface area contributed by atoms with E-state index in [2.05, 4.69) is 37.0 Å². The molecule has 36 heavy (non-hydrogen) atoms. The van der Waals surface area contributed by atoms with Crippen LogP contribution in [-0.2, 0) is 14.3 Å². The first-order valence-corrected chi connectivity index (χ1v) is 11.5. The van der Waals surface area contributed by atoms with E-state index in [0.717, 1.165) is 0 Å². The highest BCUT2D eigenvalue weighted by atomic mass is 19.1. The molecule has 2 heterocycles. The van der Waals surface area contributed by atoms with Gasteiger partial charge in [-0.05, 0) is 42.3 Å². The van der Waals surface area contributed by atoms with Crippen molar-refractivity contribution < 1.29 is 18.7 Å². The normalized spacial score (nSPS) is 15.4. The van der Waals surface area contributed by atoms with E-state index in [4.69, 9.17) is 11.2 Å². The Morgan fingerprint density at radius 3 is 2.81 bits per heavy atom. The summed E-state index contributed by atoms with van der Waals surface area (Å²) >= 11 is 0. The van der Waals surface area contributed by atoms with Crippen LogP contribution in [0.25, 0.3) is 5.57 Å². The first kappa shape index (κ1) is 26.3. The number of hydrogen-bond acceptors (Lipinski definition) is 9. The SMILES string of the molecule is C#C/C(=C\C=NC)c1nnn(C2CCN(c3ccc(NCC(CNC(C)=O)OC=O)cc3F)CC2)n1. The van der Waals surface area contributed by atoms with Crippen molar-refractivity contribution in [2.75, 3.05) is 43.4 Å². The number of tetrazole rings is 1. The lowest BCUT2D eigenvalue weighted by atomic mass is 10.0. The fourth-order valence-corrected chi connectivity index (χ4v) is 3.77. The van der Waals surface area contributed by atoms with E-state index >= 15 is 0 Å². The molecule has 1 amide bonds. The van der Waals surface area contributed by atoms with E-state index in [9.17, 15) is 14.0 Å². The molecule has 0 saturated carbocycles. The summed E-state index contributed by atoms with van der Waals surface area (Å²) in [6, 6.07) is 4.91. The Morgan fingerprint density at radius 1 is 1.39 bits per heavy atom. The number of aromatic nitrogens is 4. The summed E-state index contributed by atoms with van der Waals surface area (Å²) in [5.74, 6) is 2.31. The van der Waals surface area contributed by atoms with E-state index in [1.165, 1.54) is 13.0 Å². The minimum absolute atomic E-state index is 0.0312. The van der Waals surface area contributed by atoms with E-state index in [1.54, 1.807) is 36.3 Å². The maximum Gasteiger partial charge on any atom is 0.293 e. The number of allylic oxidation sites excluding steroid dienone is 2. The number of amides is 1. The van der Waals surface area contributed by atoms with Gasteiger partial charge in [0, 0.05) is 39.0 Å². The van der Waals surface area contributed by atoms with Crippen LogP contribution in [-0.4, -0.2) is 78.1 Å². The Bertz CT molecular complexity index is 1150. The Labute approximate surface area is 208 Å². The number of rotatable bonds is 11. The van der Waals surface area contributed by atoms with Crippen LogP contribution in [0, 0.1) is 18.2 Å². The van der Waals surface area contributed by atoms with Crippen molar-refractivity contribution in [3.8, 4) is 12.3 Å². The van der Waals surface area contributed by atoms with Gasteiger partial charge in [0.05, 0.1) is 30.4 Å². The molecular weight excluding hydrogens is 467 g/mol. The van der Waals surface area contributed by atoms with Gasteiger partial charge in [-0.25, -0.2) is 4.39 Å². The summed E-state index contributed by atoms with van der Waals surface area (Å²) in [7, 11) is 1.65. The maximum absolute atomic E-state index is 14.9. The third-order valence-electron chi connectivity index (χ3n) is 5.65. The zero-order valence-electron chi connectivity index (χ0n) is 20.2. The second kappa shape index (κ2) is 13.0. The lowest BCUT2D eigenvalue weighted by molar-refractivity contribution is -0.133. The summed E-state index contributed by atoms with van der Waals surface area (Å²) < 4.78 is 19.9. The van der Waals surface area contributed by atoms with Crippen LogP contribution < -0.4 is 15.5 Å². The maximum atomic E-state index is 14.9. The second-order valence-corrected chi connectivity index (χ2v) is 8.12. The molecule has 1 atom stereocenters. The first-order valence-electron chi connectivity index (χ1n) is 11.5. The molecule has 1 aliphatic heterocycles. The monoisotopic (exact) mass is 496 g/mol. The van der Waals surface area contributed by atoms with Gasteiger partial charge >= 0.3 is 0 Å². The molecule has 0 aliphatic carbocycles. The first-order chi connectivity index (χ1) is 17.4. The van der Waals surface area contributed by atoms with Crippen molar-refractivity contribution in [3.63, 3.8) is 0 Å². The van der Waals surface area contributed by atoms with Gasteiger partial charge < -0.3 is 20.3 Å². The molecule has 3 rings (SSSR count). The van der Waals surface area contributed by atoms with Crippen molar-refractivity contribution >= 4 is 35.5 Å². The molecule has 1 aromatic heterocycles. The average Bonchev–Trinajstić information content (AvgIpc) is 3.36. The number of carbonyl (C=O) groups excluding carboxylic acids is 2. The van der Waals surface area contributed by atoms with Gasteiger partial charge in [-0.1, -0.05) is 5.92 Å². The Morgan fingerprint density at radius 2 is 2.17 bits per heavy atom. The number of carbonyl (C=O) groups is 2. The summed E-state index contributed by atoms with van der Waals surface area (Å²) in [6.45, 7) is 3.32. The van der Waals surface area contributed by atoms with E-state index in [1.807, 2.05) is 4.90 Å². The quantitative estimate of drug-likeness (QED) is 0.272. The minimum atomic E-state index is -0.578. The molecule has 0 bridgehead atoms. The number of ether oxygens (including phenoxy) is 1. The van der Waals surface area contributed by atoms with Crippen molar-refractivity contribution in [3.05, 3.63) is 35.9 Å². The molecule has 11 nitrogen and oxygen atoms in total. The number of piperidine rings is 1. The average molecular weight is 497 g/mol. The highest BCUT2D eigenvalue weighted by molar-refractivity contribution is 5.88. The Balaban J connectivity index is 1.57. The van der Waals surface area contributed by atoms with Crippen molar-refractivity contribution in [1.82, 2.24) is 25.5 Å². The topological polar surface area (TPSA) is 127 Å². The van der Waals surface area contributed by atoms with Crippen LogP contribution in [0.4, 0.5) is 15.8 Å². The molecule has 0 spiro atoms. The molecule has 2 N–H and O–H groups in total. The van der Waals surface area contributed by atoms with Crippen LogP contribution in [0.5, 0.6) is 0 Å². The predicted molar refractivity (Wildman–Crippen MR) is 134 cm³/mol. The molecule has 1 unspecified atom stereocenters. The molecule has 1 aliphatic rings. The highest BCUT2D eigenvalue weighted by Crippen LogP contribution is 2.29. The standard InChI is InChI=1S/C24H29FN8O3/c1-4-18(7-10-26-3)24-29-31-33(30-24)20-8-11-32(12-9-20)23-6-5-19(13-22(23)25)28-15-21(36-16-34)14-27-17(2)35/h1,5-7,10,13,16,20-21,28H,8-9,11-12,14-15H2,2-3H3,(H,27,35)/b18-7+,26-10?. The van der Waals surface area contributed by atoms with Gasteiger partial charge in [0.25, 0.3) is 6.47 Å². The number of nitrogens with one attached hydrogen (secondary N) is 2. The third-order valence-corrected chi connectivity index (χ3v) is 5.65. The van der Waals surface area contributed by atoms with Gasteiger partial charge in [0.1, 0.15) is 11.9 Å². The second-order valence-electron chi connectivity index (χ2n) is 8.12. The van der Waals surface area contributed by atoms with E-state index in [-0.39, 0.29) is 30.9 Å². The largest absolute Gasteiger partial charge is 0.461 e. The minimum Gasteiger partial charge on any atom is -0.461 e. The van der Waals surface area contributed by atoms with Crippen LogP contribution >= 0.6 is 0 Å². The lowest BCUT2D eigenvalue weighted by Crippen LogP contribution is -2.36. The number of halogens is 1. The fraction of sp³-hybridized carbons (Fsp3) is 0.417. The Kier molecular flexibility index (Phi) is 9.50. The van der Waals surface area contributed by atoms with E-state index in [0.29, 0.717) is 55.2 Å². The molecule has 0 radical (unpaired) electrons. The predicted octanol–water partition coefficient (Wildman–Crippen LogP) is 1.46. The molecule has 1 fully saturated rings. The number of nitrogens with zero attached hydrogens (tertiary/aromatic N) is 6. The Hall–Kier alpha value is -4.27. The number of benzene rings is 1. The zero-order valence-corrected chi connectivity index (χ0v) is 20.2. The molecule has 190 valence electrons. The molecular formula is C24H29FN8O3. The highest BCUT2D eigenvalue weighted by Gasteiger charge is 2.25. The van der Waals surface area contributed by atoms with Crippen LogP contribution in [0.2, 0.25) is 0 Å². The molecule has 1 aromatic carbocycles. The summed E-state index contributed by atoms with van der Waals surface area (Å²) in [4.78, 5) is 29.2. The van der Waals surface area contributed by atoms with Gasteiger partial charge in [-0.2, -0.15) is 4.80 Å². The van der Waals surface area contributed by atoms with Crippen LogP contribution in [0.15, 0.2) is 29.3 Å². The smallest absolute Gasteiger partial charge is 0.293 e. The fourth-order valence-electron chi connectivity index (χ4n) is 3.77. The lowest BCUT2D eigenvalue weighted by Gasteiger charge is -2.33. The third kappa shape index (κ3) is 7.11. The summed E-state index contributed by atoms with van der Waals surface area (Å²) in [6.07, 6.45) is 9.62. The molecule has 12 heteroatoms. The number of hydrogen-bond donors (Lipinski definition) is 2. The van der Waals surface area contributed by atoms with Crippen molar-refractivity contribution in [2.24, 2.45) is 4.99 Å². The van der Waals surface area contributed by atoms with Crippen LogP contribution in [0.3, 0.4) is 0 Å². The van der Waals surface area contributed by atoms with Crippen molar-refractivity contribution in [1.29, 1.82) is 0 Å². The summed E-state index contributed by atoms with van der Waals surface area (Å²) in [5.41, 5.74) is 1.54. The van der Waals surface area contributed by atoms with Crippen molar-refractivity contribution in [2.45, 2.75) is 31.9 Å². The number of terminal acetylenes is 1. The van der Waals surface area contributed by atoms with Gasteiger partial charge in [-0.15, -0.1) is 16.6 Å². The number of anilines is 2.